The van der Waals surface area contributed by atoms with Crippen LogP contribution in [-0.4, -0.2) is 49.8 Å². The summed E-state index contributed by atoms with van der Waals surface area (Å²) >= 11 is 0. The molecule has 2 heterocycles. The van der Waals surface area contributed by atoms with E-state index < -0.39 is 0 Å². The third-order valence-corrected chi connectivity index (χ3v) is 6.42. The highest BCUT2D eigenvalue weighted by Crippen LogP contribution is 2.42. The monoisotopic (exact) mass is 471 g/mol. The second kappa shape index (κ2) is 11.2. The minimum absolute atomic E-state index is 0.163. The lowest BCUT2D eigenvalue weighted by molar-refractivity contribution is 0.0653. The summed E-state index contributed by atoms with van der Waals surface area (Å²) in [7, 11) is 0. The van der Waals surface area contributed by atoms with Crippen LogP contribution in [0.2, 0.25) is 0 Å². The lowest BCUT2D eigenvalue weighted by Crippen LogP contribution is -2.48. The lowest BCUT2D eigenvalue weighted by Gasteiger charge is -2.37. The summed E-state index contributed by atoms with van der Waals surface area (Å²) in [5.74, 6) is 1.42. The maximum absolute atomic E-state index is 12.6. The predicted octanol–water partition coefficient (Wildman–Crippen LogP) is 5.66. The summed E-state index contributed by atoms with van der Waals surface area (Å²) in [5.41, 5.74) is 5.74. The van der Waals surface area contributed by atoms with Gasteiger partial charge in [-0.05, 0) is 54.8 Å². The number of alkyl halides is 1. The average Bonchev–Trinajstić information content (AvgIpc) is 2.87. The summed E-state index contributed by atoms with van der Waals surface area (Å²) in [5, 5.41) is 9.19. The number of halogens is 1. The zero-order valence-corrected chi connectivity index (χ0v) is 20.2. The number of benzene rings is 2. The Morgan fingerprint density at radius 1 is 1.26 bits per heavy atom. The van der Waals surface area contributed by atoms with Crippen LogP contribution in [0.15, 0.2) is 78.0 Å². The number of nitrogens with zero attached hydrogens (tertiary/aromatic N) is 3. The Hall–Kier alpha value is -3.69. The Kier molecular flexibility index (Phi) is 7.79. The van der Waals surface area contributed by atoms with Gasteiger partial charge in [0.25, 0.3) is 0 Å². The zero-order chi connectivity index (χ0) is 24.8. The van der Waals surface area contributed by atoms with Crippen LogP contribution in [0.1, 0.15) is 30.5 Å². The number of likely N-dealkylation sites (tertiary alicyclic amines) is 1. The van der Waals surface area contributed by atoms with Crippen LogP contribution in [0, 0.1) is 17.2 Å². The van der Waals surface area contributed by atoms with Gasteiger partial charge in [0, 0.05) is 42.9 Å². The molecular formula is C29H30FN3O2. The van der Waals surface area contributed by atoms with Crippen LogP contribution >= 0.6 is 0 Å². The second-order valence-electron chi connectivity index (χ2n) is 8.89. The molecule has 180 valence electrons. The number of aliphatic imine (C=N–C) groups is 1. The van der Waals surface area contributed by atoms with E-state index in [1.54, 1.807) is 12.3 Å². The Bertz CT molecular complexity index is 1200. The molecule has 5 nitrogen and oxygen atoms in total. The summed E-state index contributed by atoms with van der Waals surface area (Å²) in [4.78, 5) is 6.68. The van der Waals surface area contributed by atoms with Gasteiger partial charge in [-0.3, -0.25) is 9.29 Å². The summed E-state index contributed by atoms with van der Waals surface area (Å²) in [6, 6.07) is 17.7. The molecule has 2 aromatic carbocycles. The number of fused-ring (bicyclic) bond motifs is 1. The van der Waals surface area contributed by atoms with Crippen LogP contribution in [0.4, 0.5) is 4.39 Å². The minimum Gasteiger partial charge on any atom is -0.481 e. The molecule has 0 aromatic heterocycles. The molecule has 6 heteroatoms. The van der Waals surface area contributed by atoms with Gasteiger partial charge in [0.05, 0.1) is 18.3 Å². The molecule has 35 heavy (non-hydrogen) atoms. The highest BCUT2D eigenvalue weighted by molar-refractivity contribution is 5.96. The third-order valence-electron chi connectivity index (χ3n) is 6.42. The smallest absolute Gasteiger partial charge is 0.212 e. The van der Waals surface area contributed by atoms with E-state index in [1.165, 1.54) is 0 Å². The number of allylic oxidation sites excluding steroid dienone is 1. The Morgan fingerprint density at radius 2 is 2.00 bits per heavy atom. The second-order valence-corrected chi connectivity index (χ2v) is 8.89. The van der Waals surface area contributed by atoms with Gasteiger partial charge < -0.3 is 9.47 Å². The van der Waals surface area contributed by atoms with E-state index in [1.807, 2.05) is 49.4 Å². The SMILES string of the molecule is C=CC(=N/C=C(\C)C1Oc2ccccc2C(C)=C1c1ccc(C#N)cc1)OCCN1CC(CF)C1. The first kappa shape index (κ1) is 24.4. The molecule has 0 amide bonds. The molecule has 0 radical (unpaired) electrons. The molecule has 0 N–H and O–H groups in total. The fourth-order valence-corrected chi connectivity index (χ4v) is 4.44. The zero-order valence-electron chi connectivity index (χ0n) is 20.2. The molecule has 4 rings (SSSR count). The van der Waals surface area contributed by atoms with E-state index in [0.717, 1.165) is 53.2 Å². The lowest BCUT2D eigenvalue weighted by atomic mass is 9.86. The number of hydrogen-bond donors (Lipinski definition) is 0. The van der Waals surface area contributed by atoms with E-state index in [0.29, 0.717) is 18.1 Å². The van der Waals surface area contributed by atoms with Gasteiger partial charge in [0.2, 0.25) is 5.90 Å². The van der Waals surface area contributed by atoms with E-state index >= 15 is 0 Å². The molecule has 1 unspecified atom stereocenters. The summed E-state index contributed by atoms with van der Waals surface area (Å²) in [6.45, 7) is 10.4. The molecular weight excluding hydrogens is 441 g/mol. The predicted molar refractivity (Wildman–Crippen MR) is 138 cm³/mol. The number of ether oxygens (including phenoxy) is 2. The summed E-state index contributed by atoms with van der Waals surface area (Å²) in [6.07, 6.45) is 3.01. The van der Waals surface area contributed by atoms with Crippen molar-refractivity contribution in [2.24, 2.45) is 10.9 Å². The molecule has 1 fully saturated rings. The van der Waals surface area contributed by atoms with Gasteiger partial charge in [-0.2, -0.15) is 5.26 Å². The van der Waals surface area contributed by atoms with E-state index in [4.69, 9.17) is 9.47 Å². The third kappa shape index (κ3) is 5.52. The van der Waals surface area contributed by atoms with Gasteiger partial charge in [-0.1, -0.05) is 36.9 Å². The van der Waals surface area contributed by atoms with Crippen LogP contribution < -0.4 is 4.74 Å². The number of hydrogen-bond acceptors (Lipinski definition) is 5. The molecule has 1 saturated heterocycles. The first-order valence-corrected chi connectivity index (χ1v) is 11.8. The normalized spacial score (nSPS) is 18.9. The van der Waals surface area contributed by atoms with Crippen LogP contribution in [0.5, 0.6) is 5.75 Å². The Labute approximate surface area is 206 Å². The van der Waals surface area contributed by atoms with Crippen molar-refractivity contribution in [1.82, 2.24) is 4.90 Å². The van der Waals surface area contributed by atoms with Crippen LogP contribution in [0.25, 0.3) is 11.1 Å². The largest absolute Gasteiger partial charge is 0.481 e. The molecule has 0 spiro atoms. The van der Waals surface area contributed by atoms with Gasteiger partial charge >= 0.3 is 0 Å². The quantitative estimate of drug-likeness (QED) is 0.368. The molecule has 2 aromatic rings. The molecule has 1 atom stereocenters. The molecule has 0 saturated carbocycles. The Balaban J connectivity index is 1.55. The fraction of sp³-hybridized carbons (Fsp3) is 0.310. The molecule has 0 bridgehead atoms. The standard InChI is InChI=1S/C29H30FN3O2/c1-4-27(34-14-13-33-18-23(15-30)19-33)32-17-20(2)29-28(24-11-9-22(16-31)10-12-24)21(3)25-7-5-6-8-26(25)35-29/h4-12,17,23,29H,1,13-15,18-19H2,2-3H3/b20-17+,32-27?. The van der Waals surface area contributed by atoms with E-state index in [9.17, 15) is 9.65 Å². The van der Waals surface area contributed by atoms with Crippen molar-refractivity contribution in [3.8, 4) is 11.8 Å². The van der Waals surface area contributed by atoms with Crippen molar-refractivity contribution in [2.45, 2.75) is 20.0 Å². The van der Waals surface area contributed by atoms with Crippen LogP contribution in [-0.2, 0) is 4.74 Å². The van der Waals surface area contributed by atoms with E-state index in [2.05, 4.69) is 35.5 Å². The Morgan fingerprint density at radius 3 is 2.69 bits per heavy atom. The van der Waals surface area contributed by atoms with Gasteiger partial charge in [0.1, 0.15) is 18.5 Å². The van der Waals surface area contributed by atoms with Crippen molar-refractivity contribution in [3.63, 3.8) is 0 Å². The van der Waals surface area contributed by atoms with Gasteiger partial charge in [-0.15, -0.1) is 0 Å². The number of nitriles is 1. The fourth-order valence-electron chi connectivity index (χ4n) is 4.44. The highest BCUT2D eigenvalue weighted by atomic mass is 19.1. The van der Waals surface area contributed by atoms with Gasteiger partial charge in [-0.25, -0.2) is 4.99 Å². The van der Waals surface area contributed by atoms with Gasteiger partial charge in [0.15, 0.2) is 0 Å². The first-order chi connectivity index (χ1) is 17.0. The molecule has 2 aliphatic rings. The topological polar surface area (TPSA) is 57.9 Å². The first-order valence-electron chi connectivity index (χ1n) is 11.8. The van der Waals surface area contributed by atoms with Crippen molar-refractivity contribution >= 4 is 17.0 Å². The van der Waals surface area contributed by atoms with E-state index in [-0.39, 0.29) is 18.7 Å². The summed E-state index contributed by atoms with van der Waals surface area (Å²) < 4.78 is 24.8. The highest BCUT2D eigenvalue weighted by Gasteiger charge is 2.29. The minimum atomic E-state index is -0.341. The number of rotatable bonds is 8. The van der Waals surface area contributed by atoms with Crippen molar-refractivity contribution in [3.05, 3.63) is 89.6 Å². The van der Waals surface area contributed by atoms with Crippen molar-refractivity contribution < 1.29 is 13.9 Å². The van der Waals surface area contributed by atoms with Crippen molar-refractivity contribution in [1.29, 1.82) is 5.26 Å². The maximum atomic E-state index is 12.6. The average molecular weight is 472 g/mol. The number of para-hydroxylation sites is 1. The maximum Gasteiger partial charge on any atom is 0.212 e. The van der Waals surface area contributed by atoms with Crippen LogP contribution in [0.3, 0.4) is 0 Å². The molecule has 2 aliphatic heterocycles. The molecule has 0 aliphatic carbocycles. The van der Waals surface area contributed by atoms with Crippen molar-refractivity contribution in [2.75, 3.05) is 32.9 Å².